The molecule has 0 aliphatic rings. The summed E-state index contributed by atoms with van der Waals surface area (Å²) in [7, 11) is 0. The van der Waals surface area contributed by atoms with Crippen LogP contribution < -0.4 is 0 Å². The Morgan fingerprint density at radius 1 is 1.36 bits per heavy atom. The summed E-state index contributed by atoms with van der Waals surface area (Å²) in [6.07, 6.45) is 1.20. The van der Waals surface area contributed by atoms with Crippen molar-refractivity contribution < 1.29 is 5.11 Å². The third-order valence-electron chi connectivity index (χ3n) is 0.709. The molecule has 3 heteroatoms. The number of nitrogens with zero attached hydrogens (tertiary/aromatic N) is 2. The van der Waals surface area contributed by atoms with Crippen LogP contribution in [0.25, 0.3) is 0 Å². The molecule has 0 heterocycles. The van der Waals surface area contributed by atoms with E-state index in [1.165, 1.54) is 6.34 Å². The van der Waals surface area contributed by atoms with Crippen LogP contribution in [0.1, 0.15) is 13.8 Å². The third-order valence-corrected chi connectivity index (χ3v) is 0.709. The Kier molecular flexibility index (Phi) is 9.65. The van der Waals surface area contributed by atoms with Gasteiger partial charge in [-0.2, -0.15) is 0 Å². The van der Waals surface area contributed by atoms with Crippen molar-refractivity contribution in [1.82, 2.24) is 0 Å². The molecule has 0 saturated carbocycles. The molecule has 0 aromatic rings. The summed E-state index contributed by atoms with van der Waals surface area (Å²) in [5.74, 6) is 0.00222. The fourth-order valence-corrected chi connectivity index (χ4v) is 0.225. The first-order chi connectivity index (χ1) is 5.18. The topological polar surface area (TPSA) is 45.0 Å². The first-order valence-electron chi connectivity index (χ1n) is 3.03. The van der Waals surface area contributed by atoms with E-state index in [-0.39, 0.29) is 5.88 Å². The van der Waals surface area contributed by atoms with E-state index in [1.54, 1.807) is 13.8 Å². The highest BCUT2D eigenvalue weighted by molar-refractivity contribution is 5.62. The van der Waals surface area contributed by atoms with Gasteiger partial charge in [-0.1, -0.05) is 0 Å². The third kappa shape index (κ3) is 8.62. The number of rotatable bonds is 2. The lowest BCUT2D eigenvalue weighted by atomic mass is 10.4. The lowest BCUT2D eigenvalue weighted by molar-refractivity contribution is 0.400. The molecule has 0 unspecified atom stereocenters. The van der Waals surface area contributed by atoms with Crippen LogP contribution in [0.15, 0.2) is 34.6 Å². The number of allylic oxidation sites excluding steroid dienone is 1. The Bertz CT molecular complexity index is 167. The van der Waals surface area contributed by atoms with Gasteiger partial charge in [0.05, 0.1) is 0 Å². The average molecular weight is 154 g/mol. The number of aliphatic hydroxyl groups excluding tert-OH is 1. The van der Waals surface area contributed by atoms with Crippen molar-refractivity contribution in [3.63, 3.8) is 0 Å². The fraction of sp³-hybridized carbons (Fsp3) is 0.250. The van der Waals surface area contributed by atoms with Crippen molar-refractivity contribution in [3.05, 3.63) is 24.6 Å². The normalized spacial score (nSPS) is 8.18. The number of aliphatic hydroxyl groups is 1. The molecule has 0 amide bonds. The Labute approximate surface area is 67.5 Å². The molecule has 0 atom stereocenters. The summed E-state index contributed by atoms with van der Waals surface area (Å²) in [6.45, 7) is 12.7. The molecule has 0 aromatic carbocycles. The second-order valence-corrected chi connectivity index (χ2v) is 1.75. The largest absolute Gasteiger partial charge is 0.493 e. The molecular weight excluding hydrogens is 140 g/mol. The van der Waals surface area contributed by atoms with Gasteiger partial charge in [0, 0.05) is 0 Å². The van der Waals surface area contributed by atoms with Gasteiger partial charge in [0.2, 0.25) is 5.88 Å². The molecule has 0 radical (unpaired) electrons. The molecule has 0 fully saturated rings. The summed E-state index contributed by atoms with van der Waals surface area (Å²) >= 11 is 0. The average Bonchev–Trinajstić information content (AvgIpc) is 2.03. The molecule has 0 aromatic heterocycles. The zero-order valence-electron chi connectivity index (χ0n) is 7.04. The minimum absolute atomic E-state index is 0.00222. The van der Waals surface area contributed by atoms with E-state index >= 15 is 0 Å². The van der Waals surface area contributed by atoms with Crippen LogP contribution in [-0.4, -0.2) is 18.2 Å². The summed E-state index contributed by atoms with van der Waals surface area (Å²) in [5.41, 5.74) is 0.759. The lowest BCUT2D eigenvalue weighted by Crippen LogP contribution is -1.78. The van der Waals surface area contributed by atoms with E-state index in [2.05, 4.69) is 29.9 Å². The highest BCUT2D eigenvalue weighted by Crippen LogP contribution is 1.97. The number of hydrogen-bond acceptors (Lipinski definition) is 2. The highest BCUT2D eigenvalue weighted by Gasteiger charge is 1.86. The predicted molar refractivity (Wildman–Crippen MR) is 50.3 cm³/mol. The summed E-state index contributed by atoms with van der Waals surface area (Å²) in [4.78, 5) is 6.85. The van der Waals surface area contributed by atoms with E-state index < -0.39 is 0 Å². The molecule has 1 N–H and O–H groups in total. The Morgan fingerprint density at radius 2 is 1.82 bits per heavy atom. The van der Waals surface area contributed by atoms with Crippen LogP contribution in [0.3, 0.4) is 0 Å². The second-order valence-electron chi connectivity index (χ2n) is 1.75. The molecular formula is C8H14N2O. The first-order valence-corrected chi connectivity index (χ1v) is 3.03. The minimum Gasteiger partial charge on any atom is -0.493 e. The first kappa shape index (κ1) is 12.3. The Morgan fingerprint density at radius 3 is 2.09 bits per heavy atom. The second kappa shape index (κ2) is 8.62. The van der Waals surface area contributed by atoms with Crippen LogP contribution in [-0.2, 0) is 0 Å². The van der Waals surface area contributed by atoms with Gasteiger partial charge in [-0.25, -0.2) is 4.99 Å². The molecule has 0 saturated heterocycles. The monoisotopic (exact) mass is 154 g/mol. The molecule has 0 rings (SSSR count). The Hall–Kier alpha value is -1.38. The van der Waals surface area contributed by atoms with Gasteiger partial charge in [0.15, 0.2) is 0 Å². The van der Waals surface area contributed by atoms with Gasteiger partial charge in [-0.3, -0.25) is 4.99 Å². The smallest absolute Gasteiger partial charge is 0.210 e. The van der Waals surface area contributed by atoms with Gasteiger partial charge in [0.1, 0.15) is 6.34 Å². The zero-order chi connectivity index (χ0) is 9.28. The van der Waals surface area contributed by atoms with E-state index in [1.807, 2.05) is 0 Å². The standard InChI is InChI=1S/C6H10N2O.C2H4/c1-5(2)6(9)8-4-7-3;1-2/h4,9H,3H2,1-2H3;1-2H2/b8-4-;. The van der Waals surface area contributed by atoms with Crippen molar-refractivity contribution in [2.75, 3.05) is 0 Å². The van der Waals surface area contributed by atoms with E-state index in [0.29, 0.717) is 0 Å². The van der Waals surface area contributed by atoms with E-state index in [4.69, 9.17) is 5.11 Å². The van der Waals surface area contributed by atoms with Crippen LogP contribution >= 0.6 is 0 Å². The molecule has 0 aliphatic heterocycles. The number of aliphatic imine (C=N–C) groups is 2. The van der Waals surface area contributed by atoms with E-state index in [0.717, 1.165) is 5.57 Å². The molecule has 62 valence electrons. The van der Waals surface area contributed by atoms with Crippen molar-refractivity contribution in [1.29, 1.82) is 0 Å². The predicted octanol–water partition coefficient (Wildman–Crippen LogP) is 2.33. The highest BCUT2D eigenvalue weighted by atomic mass is 16.3. The van der Waals surface area contributed by atoms with Crippen LogP contribution in [0.5, 0.6) is 0 Å². The van der Waals surface area contributed by atoms with E-state index in [9.17, 15) is 0 Å². The maximum Gasteiger partial charge on any atom is 0.210 e. The Balaban J connectivity index is 0. The minimum atomic E-state index is 0.00222. The van der Waals surface area contributed by atoms with Crippen LogP contribution in [0, 0.1) is 0 Å². The summed E-state index contributed by atoms with van der Waals surface area (Å²) in [5, 5.41) is 8.85. The summed E-state index contributed by atoms with van der Waals surface area (Å²) in [6, 6.07) is 0. The molecule has 0 spiro atoms. The quantitative estimate of drug-likeness (QED) is 0.282. The van der Waals surface area contributed by atoms with Gasteiger partial charge < -0.3 is 5.11 Å². The van der Waals surface area contributed by atoms with Crippen LogP contribution in [0.4, 0.5) is 0 Å². The van der Waals surface area contributed by atoms with Gasteiger partial charge >= 0.3 is 0 Å². The van der Waals surface area contributed by atoms with Gasteiger partial charge in [-0.05, 0) is 26.1 Å². The van der Waals surface area contributed by atoms with Gasteiger partial charge in [-0.15, -0.1) is 13.2 Å². The lowest BCUT2D eigenvalue weighted by Gasteiger charge is -1.89. The van der Waals surface area contributed by atoms with Gasteiger partial charge in [0.25, 0.3) is 0 Å². The maximum atomic E-state index is 8.85. The van der Waals surface area contributed by atoms with Crippen LogP contribution in [0.2, 0.25) is 0 Å². The molecule has 3 nitrogen and oxygen atoms in total. The SMILES string of the molecule is C=C.C=N/C=N\C(O)=C(C)C. The summed E-state index contributed by atoms with van der Waals surface area (Å²) < 4.78 is 0. The van der Waals surface area contributed by atoms with Crippen molar-refractivity contribution in [2.45, 2.75) is 13.8 Å². The maximum absolute atomic E-state index is 8.85. The van der Waals surface area contributed by atoms with Crippen molar-refractivity contribution >= 4 is 13.1 Å². The molecule has 0 bridgehead atoms. The fourth-order valence-electron chi connectivity index (χ4n) is 0.225. The zero-order valence-corrected chi connectivity index (χ0v) is 7.04. The number of hydrogen-bond donors (Lipinski definition) is 1. The molecule has 11 heavy (non-hydrogen) atoms. The van der Waals surface area contributed by atoms with Crippen molar-refractivity contribution in [3.8, 4) is 0 Å². The molecule has 0 aliphatic carbocycles. The van der Waals surface area contributed by atoms with Crippen molar-refractivity contribution in [2.24, 2.45) is 9.98 Å².